The second-order valence-corrected chi connectivity index (χ2v) is 7.57. The number of aliphatic hydroxyl groups excluding tert-OH is 1. The Bertz CT molecular complexity index is 828. The van der Waals surface area contributed by atoms with Gasteiger partial charge in [0.2, 0.25) is 0 Å². The molecular weight excluding hydrogens is 414 g/mol. The second-order valence-electron chi connectivity index (χ2n) is 7.17. The number of benzene rings is 2. The quantitative estimate of drug-likeness (QED) is 0.485. The van der Waals surface area contributed by atoms with Crippen molar-refractivity contribution in [2.45, 2.75) is 47.5 Å². The van der Waals surface area contributed by atoms with Crippen LogP contribution in [0.1, 0.15) is 63.4 Å². The number of nitrogens with one attached hydrogen (secondary N) is 1. The lowest BCUT2D eigenvalue weighted by Gasteiger charge is -2.08. The lowest BCUT2D eigenvalue weighted by molar-refractivity contribution is -0.113. The molecule has 0 saturated heterocycles. The van der Waals surface area contributed by atoms with Gasteiger partial charge in [0.1, 0.15) is 5.75 Å². The number of hydrogen-bond acceptors (Lipinski definition) is 4. The molecule has 1 amide bonds. The van der Waals surface area contributed by atoms with Crippen LogP contribution in [0.5, 0.6) is 5.75 Å². The van der Waals surface area contributed by atoms with Crippen LogP contribution >= 0.6 is 11.6 Å². The Morgan fingerprint density at radius 3 is 2.00 bits per heavy atom. The number of amides is 1. The van der Waals surface area contributed by atoms with E-state index in [1.54, 1.807) is 36.4 Å². The number of phenols is 1. The summed E-state index contributed by atoms with van der Waals surface area (Å²) in [4.78, 5) is 23.9. The van der Waals surface area contributed by atoms with Crippen molar-refractivity contribution < 1.29 is 19.8 Å². The first kappa shape index (κ1) is 28.4. The predicted molar refractivity (Wildman–Crippen MR) is 128 cm³/mol. The van der Waals surface area contributed by atoms with Gasteiger partial charge in [0.25, 0.3) is 5.91 Å². The van der Waals surface area contributed by atoms with E-state index in [2.05, 4.69) is 26.1 Å². The third-order valence-corrected chi connectivity index (χ3v) is 4.32. The standard InChI is InChI=1S/C17H14ClNO3.C5H12.C3H8O/c1-11(20)16(10-12-6-8-13(21)9-7-12)19-17(22)14-4-2-3-5-15(14)18;1-4-5(2)3;1-2-3-4/h2-10,21H,1H3,(H,19,22);5H,4H2,1-3H3;4H,2-3H2,1H3/b16-10-;;. The van der Waals surface area contributed by atoms with E-state index in [-0.39, 0.29) is 17.2 Å². The first-order chi connectivity index (χ1) is 14.7. The molecule has 3 N–H and O–H groups in total. The number of Topliss-reactive ketones (excluding diaryl/α,β-unsaturated/α-hetero) is 1. The summed E-state index contributed by atoms with van der Waals surface area (Å²) in [6.07, 6.45) is 3.72. The smallest absolute Gasteiger partial charge is 0.257 e. The van der Waals surface area contributed by atoms with Gasteiger partial charge in [-0.25, -0.2) is 0 Å². The summed E-state index contributed by atoms with van der Waals surface area (Å²) in [5.41, 5.74) is 1.13. The third kappa shape index (κ3) is 12.6. The first-order valence-electron chi connectivity index (χ1n) is 10.3. The van der Waals surface area contributed by atoms with E-state index in [4.69, 9.17) is 16.7 Å². The van der Waals surface area contributed by atoms with Crippen molar-refractivity contribution in [2.24, 2.45) is 5.92 Å². The topological polar surface area (TPSA) is 86.6 Å². The van der Waals surface area contributed by atoms with Crippen molar-refractivity contribution in [1.29, 1.82) is 0 Å². The van der Waals surface area contributed by atoms with Crippen LogP contribution < -0.4 is 5.32 Å². The zero-order chi connectivity index (χ0) is 23.8. The first-order valence-corrected chi connectivity index (χ1v) is 10.7. The highest BCUT2D eigenvalue weighted by molar-refractivity contribution is 6.34. The molecule has 0 aliphatic carbocycles. The van der Waals surface area contributed by atoms with Gasteiger partial charge in [0.15, 0.2) is 5.78 Å². The molecule has 0 fully saturated rings. The molecule has 6 heteroatoms. The SMILES string of the molecule is CC(=O)/C(=C/c1ccc(O)cc1)NC(=O)c1ccccc1Cl.CCC(C)C.CCCO. The number of carbonyl (C=O) groups excluding carboxylic acids is 2. The lowest BCUT2D eigenvalue weighted by Crippen LogP contribution is -2.26. The Morgan fingerprint density at radius 1 is 1.06 bits per heavy atom. The Kier molecular flexibility index (Phi) is 14.7. The lowest BCUT2D eigenvalue weighted by atomic mass is 10.1. The number of ketones is 1. The molecule has 0 atom stereocenters. The highest BCUT2D eigenvalue weighted by Crippen LogP contribution is 2.16. The largest absolute Gasteiger partial charge is 0.508 e. The normalized spacial score (nSPS) is 10.4. The molecule has 0 bridgehead atoms. The number of halogens is 1. The van der Waals surface area contributed by atoms with Gasteiger partial charge >= 0.3 is 0 Å². The van der Waals surface area contributed by atoms with Gasteiger partial charge in [-0.1, -0.05) is 70.0 Å². The molecule has 0 unspecified atom stereocenters. The maximum atomic E-state index is 12.2. The molecular formula is C25H34ClNO4. The fourth-order valence-electron chi connectivity index (χ4n) is 1.80. The number of phenolic OH excluding ortho intramolecular Hbond substituents is 1. The summed E-state index contributed by atoms with van der Waals surface area (Å²) in [6, 6.07) is 12.9. The molecule has 170 valence electrons. The maximum absolute atomic E-state index is 12.2. The molecule has 0 saturated carbocycles. The van der Waals surface area contributed by atoms with E-state index >= 15 is 0 Å². The van der Waals surface area contributed by atoms with Gasteiger partial charge in [0, 0.05) is 13.5 Å². The summed E-state index contributed by atoms with van der Waals surface area (Å²) < 4.78 is 0. The fourth-order valence-corrected chi connectivity index (χ4v) is 2.02. The van der Waals surface area contributed by atoms with Crippen LogP contribution in [0, 0.1) is 5.92 Å². The summed E-state index contributed by atoms with van der Waals surface area (Å²) in [6.45, 7) is 10.3. The molecule has 0 aliphatic heterocycles. The summed E-state index contributed by atoms with van der Waals surface area (Å²) in [5, 5.41) is 20.0. The fraction of sp³-hybridized carbons (Fsp3) is 0.360. The van der Waals surface area contributed by atoms with E-state index < -0.39 is 5.91 Å². The monoisotopic (exact) mass is 447 g/mol. The highest BCUT2D eigenvalue weighted by Gasteiger charge is 2.13. The number of allylic oxidation sites excluding steroid dienone is 1. The third-order valence-electron chi connectivity index (χ3n) is 3.99. The van der Waals surface area contributed by atoms with Crippen molar-refractivity contribution >= 4 is 29.4 Å². The maximum Gasteiger partial charge on any atom is 0.257 e. The average Bonchev–Trinajstić information content (AvgIpc) is 2.75. The zero-order valence-electron chi connectivity index (χ0n) is 19.0. The van der Waals surface area contributed by atoms with Crippen LogP contribution in [0.4, 0.5) is 0 Å². The highest BCUT2D eigenvalue weighted by atomic mass is 35.5. The van der Waals surface area contributed by atoms with E-state index in [9.17, 15) is 14.7 Å². The van der Waals surface area contributed by atoms with E-state index in [1.807, 2.05) is 6.92 Å². The van der Waals surface area contributed by atoms with Crippen LogP contribution in [-0.2, 0) is 4.79 Å². The van der Waals surface area contributed by atoms with Crippen molar-refractivity contribution in [3.63, 3.8) is 0 Å². The van der Waals surface area contributed by atoms with Crippen LogP contribution in [0.2, 0.25) is 5.02 Å². The van der Waals surface area contributed by atoms with Crippen molar-refractivity contribution in [2.75, 3.05) is 6.61 Å². The summed E-state index contributed by atoms with van der Waals surface area (Å²) in [5.74, 6) is 0.274. The minimum absolute atomic E-state index is 0.127. The minimum atomic E-state index is -0.453. The molecule has 0 heterocycles. The van der Waals surface area contributed by atoms with E-state index in [0.717, 1.165) is 12.3 Å². The molecule has 0 radical (unpaired) electrons. The molecule has 2 rings (SSSR count). The van der Waals surface area contributed by atoms with Crippen LogP contribution in [0.15, 0.2) is 54.2 Å². The van der Waals surface area contributed by atoms with E-state index in [0.29, 0.717) is 22.8 Å². The molecule has 0 aliphatic rings. The molecule has 0 aromatic heterocycles. The Labute approximate surface area is 190 Å². The number of aliphatic hydroxyl groups is 1. The molecule has 0 spiro atoms. The van der Waals surface area contributed by atoms with Crippen LogP contribution in [-0.4, -0.2) is 28.5 Å². The van der Waals surface area contributed by atoms with Crippen LogP contribution in [0.25, 0.3) is 6.08 Å². The van der Waals surface area contributed by atoms with Crippen molar-refractivity contribution in [3.8, 4) is 5.75 Å². The Balaban J connectivity index is 0.000000846. The number of aromatic hydroxyl groups is 1. The number of carbonyl (C=O) groups is 2. The average molecular weight is 448 g/mol. The Hall–Kier alpha value is -2.63. The minimum Gasteiger partial charge on any atom is -0.508 e. The predicted octanol–water partition coefficient (Wildman–Crippen LogP) is 5.85. The van der Waals surface area contributed by atoms with Gasteiger partial charge in [-0.15, -0.1) is 0 Å². The van der Waals surface area contributed by atoms with Crippen molar-refractivity contribution in [3.05, 3.63) is 70.4 Å². The van der Waals surface area contributed by atoms with Gasteiger partial charge in [-0.05, 0) is 48.2 Å². The summed E-state index contributed by atoms with van der Waals surface area (Å²) in [7, 11) is 0. The molecule has 31 heavy (non-hydrogen) atoms. The van der Waals surface area contributed by atoms with E-state index in [1.165, 1.54) is 31.6 Å². The van der Waals surface area contributed by atoms with Crippen molar-refractivity contribution in [1.82, 2.24) is 5.32 Å². The van der Waals surface area contributed by atoms with Gasteiger partial charge in [0.05, 0.1) is 16.3 Å². The molecule has 2 aromatic rings. The van der Waals surface area contributed by atoms with Gasteiger partial charge in [-0.3, -0.25) is 9.59 Å². The van der Waals surface area contributed by atoms with Gasteiger partial charge < -0.3 is 15.5 Å². The number of hydrogen-bond donors (Lipinski definition) is 3. The van der Waals surface area contributed by atoms with Gasteiger partial charge in [-0.2, -0.15) is 0 Å². The van der Waals surface area contributed by atoms with Crippen LogP contribution in [0.3, 0.4) is 0 Å². The zero-order valence-corrected chi connectivity index (χ0v) is 19.7. The number of rotatable bonds is 6. The molecule has 5 nitrogen and oxygen atoms in total. The second kappa shape index (κ2) is 16.1. The summed E-state index contributed by atoms with van der Waals surface area (Å²) >= 11 is 5.97. The Morgan fingerprint density at radius 2 is 1.58 bits per heavy atom. The molecule has 2 aromatic carbocycles.